The second kappa shape index (κ2) is 16.5. The highest BCUT2D eigenvalue weighted by Crippen LogP contribution is 2.28. The lowest BCUT2D eigenvalue weighted by Gasteiger charge is -2.38. The molecule has 1 fully saturated rings. The van der Waals surface area contributed by atoms with Gasteiger partial charge in [-0.1, -0.05) is 79.5 Å². The van der Waals surface area contributed by atoms with Crippen LogP contribution in [0.3, 0.4) is 0 Å². The van der Waals surface area contributed by atoms with Crippen molar-refractivity contribution in [1.82, 2.24) is 14.5 Å². The molecule has 0 spiro atoms. The first-order valence-corrected chi connectivity index (χ1v) is 16.9. The third-order valence-corrected chi connectivity index (χ3v) is 10.7. The number of rotatable bonds is 15. The number of piperidine rings is 1. The fourth-order valence-electron chi connectivity index (χ4n) is 5.27. The van der Waals surface area contributed by atoms with Crippen LogP contribution < -0.4 is 5.32 Å². The van der Waals surface area contributed by atoms with E-state index in [2.05, 4.69) is 51.8 Å². The largest absolute Gasteiger partial charge is 0.592 e. The van der Waals surface area contributed by atoms with Crippen molar-refractivity contribution in [3.63, 3.8) is 0 Å². The first kappa shape index (κ1) is 31.1. The Labute approximate surface area is 252 Å². The molecule has 1 amide bonds. The van der Waals surface area contributed by atoms with E-state index >= 15 is 0 Å². The molecule has 0 aliphatic carbocycles. The summed E-state index contributed by atoms with van der Waals surface area (Å²) in [6.45, 7) is 6.68. The van der Waals surface area contributed by atoms with Gasteiger partial charge in [-0.2, -0.15) is 0 Å². The maximum absolute atomic E-state index is 13.4. The van der Waals surface area contributed by atoms with Crippen molar-refractivity contribution >= 4 is 40.2 Å². The Morgan fingerprint density at radius 2 is 1.73 bits per heavy atom. The van der Waals surface area contributed by atoms with Crippen LogP contribution in [-0.4, -0.2) is 51.9 Å². The Bertz CT molecular complexity index is 1150. The van der Waals surface area contributed by atoms with Gasteiger partial charge in [0, 0.05) is 40.7 Å². The topological polar surface area (TPSA) is 58.6 Å². The lowest BCUT2D eigenvalue weighted by Crippen LogP contribution is -2.47. The van der Waals surface area contributed by atoms with Crippen molar-refractivity contribution in [3.05, 3.63) is 87.8 Å². The Hall–Kier alpha value is -1.87. The SMILES string of the molecule is CCCCCCN(CCCc1ccccc1)C1CCN([S+]([O-])c2ccc(CNC(=O)c3ccc(Cl)cc3)s2)CC1. The predicted octanol–water partition coefficient (Wildman–Crippen LogP) is 7.33. The maximum atomic E-state index is 13.4. The number of benzene rings is 2. The quantitative estimate of drug-likeness (QED) is 0.147. The number of hydrogen-bond acceptors (Lipinski definition) is 5. The highest BCUT2D eigenvalue weighted by atomic mass is 35.5. The molecule has 0 saturated carbocycles. The van der Waals surface area contributed by atoms with Gasteiger partial charge in [-0.25, -0.2) is 0 Å². The van der Waals surface area contributed by atoms with E-state index in [-0.39, 0.29) is 5.91 Å². The summed E-state index contributed by atoms with van der Waals surface area (Å²) in [5.41, 5.74) is 1.99. The van der Waals surface area contributed by atoms with Gasteiger partial charge in [-0.3, -0.25) is 4.79 Å². The third-order valence-electron chi connectivity index (χ3n) is 7.57. The zero-order valence-electron chi connectivity index (χ0n) is 23.5. The summed E-state index contributed by atoms with van der Waals surface area (Å²) >= 11 is 6.27. The molecule has 4 rings (SSSR count). The van der Waals surface area contributed by atoms with Crippen LogP contribution >= 0.6 is 22.9 Å². The van der Waals surface area contributed by atoms with Crippen molar-refractivity contribution < 1.29 is 9.35 Å². The summed E-state index contributed by atoms with van der Waals surface area (Å²) in [5, 5.41) is 3.55. The van der Waals surface area contributed by atoms with Crippen molar-refractivity contribution in [3.8, 4) is 0 Å². The second-order valence-electron chi connectivity index (χ2n) is 10.5. The molecule has 1 atom stereocenters. The number of halogens is 1. The minimum atomic E-state index is -1.16. The molecular formula is C32H42ClN3O2S2. The third kappa shape index (κ3) is 9.61. The molecule has 5 nitrogen and oxygen atoms in total. The van der Waals surface area contributed by atoms with Gasteiger partial charge in [-0.15, -0.1) is 4.31 Å². The molecule has 1 aliphatic rings. The lowest BCUT2D eigenvalue weighted by atomic mass is 10.0. The van der Waals surface area contributed by atoms with Gasteiger partial charge in [0.1, 0.15) is 0 Å². The summed E-state index contributed by atoms with van der Waals surface area (Å²) in [5.74, 6) is -0.141. The summed E-state index contributed by atoms with van der Waals surface area (Å²) in [6, 6.07) is 22.1. The number of nitrogens with one attached hydrogen (secondary N) is 1. The van der Waals surface area contributed by atoms with Crippen LogP contribution in [-0.2, 0) is 24.3 Å². The monoisotopic (exact) mass is 599 g/mol. The Morgan fingerprint density at radius 1 is 1.00 bits per heavy atom. The van der Waals surface area contributed by atoms with E-state index in [0.29, 0.717) is 23.2 Å². The van der Waals surface area contributed by atoms with Gasteiger partial charge in [0.15, 0.2) is 0 Å². The van der Waals surface area contributed by atoms with Crippen LogP contribution in [0.4, 0.5) is 0 Å². The van der Waals surface area contributed by atoms with Gasteiger partial charge in [-0.05, 0) is 81.1 Å². The number of hydrogen-bond donors (Lipinski definition) is 1. The number of nitrogens with zero attached hydrogens (tertiary/aromatic N) is 2. The van der Waals surface area contributed by atoms with Gasteiger partial charge in [0.25, 0.3) is 5.91 Å². The molecule has 216 valence electrons. The molecule has 0 bridgehead atoms. The van der Waals surface area contributed by atoms with Crippen LogP contribution in [0.2, 0.25) is 5.02 Å². The zero-order chi connectivity index (χ0) is 28.2. The summed E-state index contributed by atoms with van der Waals surface area (Å²) in [4.78, 5) is 16.1. The number of thiophene rings is 1. The number of unbranched alkanes of at least 4 members (excludes halogenated alkanes) is 3. The molecule has 1 saturated heterocycles. The van der Waals surface area contributed by atoms with E-state index in [4.69, 9.17) is 11.6 Å². The van der Waals surface area contributed by atoms with E-state index < -0.39 is 11.4 Å². The summed E-state index contributed by atoms with van der Waals surface area (Å²) in [7, 11) is 0. The number of aryl methyl sites for hydroxylation is 1. The van der Waals surface area contributed by atoms with Crippen molar-refractivity contribution in [2.75, 3.05) is 26.2 Å². The molecule has 1 N–H and O–H groups in total. The average Bonchev–Trinajstić information content (AvgIpc) is 3.47. The molecule has 2 aromatic carbocycles. The molecule has 1 aliphatic heterocycles. The average molecular weight is 600 g/mol. The Morgan fingerprint density at radius 3 is 2.45 bits per heavy atom. The minimum absolute atomic E-state index is 0.141. The highest BCUT2D eigenvalue weighted by Gasteiger charge is 2.32. The van der Waals surface area contributed by atoms with Crippen LogP contribution in [0.5, 0.6) is 0 Å². The van der Waals surface area contributed by atoms with Crippen LogP contribution in [0.1, 0.15) is 72.7 Å². The van der Waals surface area contributed by atoms with Crippen LogP contribution in [0.15, 0.2) is 70.9 Å². The first-order chi connectivity index (χ1) is 19.5. The molecular weight excluding hydrogens is 558 g/mol. The molecule has 1 unspecified atom stereocenters. The van der Waals surface area contributed by atoms with E-state index in [9.17, 15) is 9.35 Å². The predicted molar refractivity (Wildman–Crippen MR) is 168 cm³/mol. The van der Waals surface area contributed by atoms with E-state index in [1.54, 1.807) is 24.3 Å². The van der Waals surface area contributed by atoms with E-state index in [0.717, 1.165) is 48.0 Å². The fourth-order valence-corrected chi connectivity index (χ4v) is 7.97. The Balaban J connectivity index is 1.25. The first-order valence-electron chi connectivity index (χ1n) is 14.6. The van der Waals surface area contributed by atoms with Crippen molar-refractivity contribution in [2.45, 2.75) is 75.1 Å². The summed E-state index contributed by atoms with van der Waals surface area (Å²) < 4.78 is 16.4. The zero-order valence-corrected chi connectivity index (χ0v) is 25.9. The van der Waals surface area contributed by atoms with Gasteiger partial charge >= 0.3 is 0 Å². The van der Waals surface area contributed by atoms with Gasteiger partial charge in [0.2, 0.25) is 4.21 Å². The highest BCUT2D eigenvalue weighted by molar-refractivity contribution is 7.91. The van der Waals surface area contributed by atoms with Crippen LogP contribution in [0, 0.1) is 0 Å². The summed E-state index contributed by atoms with van der Waals surface area (Å²) in [6.07, 6.45) is 9.54. The minimum Gasteiger partial charge on any atom is -0.592 e. The number of carbonyl (C=O) groups is 1. The molecule has 8 heteroatoms. The lowest BCUT2D eigenvalue weighted by molar-refractivity contribution is 0.0951. The standard InChI is InChI=1S/C32H42ClN3O2S2/c1-2-3-4-8-21-35(22-9-12-26-10-6-5-7-11-26)29-19-23-36(24-20-29)40(38)31-18-17-30(39-31)25-34-32(37)27-13-15-28(33)16-14-27/h5-7,10-11,13-18,29H,2-4,8-9,12,19-25H2,1H3,(H,34,37). The fraction of sp³-hybridized carbons (Fsp3) is 0.469. The van der Waals surface area contributed by atoms with Crippen molar-refractivity contribution in [2.24, 2.45) is 0 Å². The Kier molecular flexibility index (Phi) is 12.9. The van der Waals surface area contributed by atoms with Gasteiger partial charge in [0.05, 0.1) is 17.9 Å². The van der Waals surface area contributed by atoms with Crippen molar-refractivity contribution in [1.29, 1.82) is 0 Å². The van der Waals surface area contributed by atoms with E-state index in [1.165, 1.54) is 55.5 Å². The molecule has 2 heterocycles. The molecule has 3 aromatic rings. The van der Waals surface area contributed by atoms with Crippen LogP contribution in [0.25, 0.3) is 0 Å². The second-order valence-corrected chi connectivity index (χ2v) is 13.8. The smallest absolute Gasteiger partial charge is 0.251 e. The normalized spacial score (nSPS) is 15.4. The molecule has 40 heavy (non-hydrogen) atoms. The molecule has 0 radical (unpaired) electrons. The molecule has 1 aromatic heterocycles. The number of carbonyl (C=O) groups excluding carboxylic acids is 1. The van der Waals surface area contributed by atoms with Gasteiger partial charge < -0.3 is 14.8 Å². The maximum Gasteiger partial charge on any atom is 0.251 e. The van der Waals surface area contributed by atoms with E-state index in [1.807, 2.05) is 12.1 Å². The number of amides is 1.